The molecule has 9 heteroatoms. The highest BCUT2D eigenvalue weighted by atomic mass is 32.2. The predicted octanol–water partition coefficient (Wildman–Crippen LogP) is 0.702. The number of nitrogens with one attached hydrogen (secondary N) is 2. The standard InChI is InChI=1S/C12H16N4O4S/c1-8-15-11(20-16-8)7-14-21(17,18)12-5-4-10(19-12)6-13-9-2-3-9/h4-5,9,13-14H,2-3,6-7H2,1H3. The summed E-state index contributed by atoms with van der Waals surface area (Å²) in [6.45, 7) is 2.12. The Morgan fingerprint density at radius 2 is 2.14 bits per heavy atom. The molecule has 1 aliphatic rings. The number of hydrogen-bond donors (Lipinski definition) is 2. The molecule has 3 rings (SSSR count). The van der Waals surface area contributed by atoms with Crippen molar-refractivity contribution in [3.8, 4) is 0 Å². The highest BCUT2D eigenvalue weighted by molar-refractivity contribution is 7.89. The van der Waals surface area contributed by atoms with Crippen LogP contribution >= 0.6 is 0 Å². The number of furan rings is 1. The molecule has 0 aliphatic heterocycles. The molecule has 0 aromatic carbocycles. The van der Waals surface area contributed by atoms with Gasteiger partial charge in [-0.3, -0.25) is 0 Å². The molecule has 2 aromatic rings. The Hall–Kier alpha value is -1.71. The maximum absolute atomic E-state index is 12.1. The van der Waals surface area contributed by atoms with Gasteiger partial charge in [-0.2, -0.15) is 9.71 Å². The average Bonchev–Trinajstić information content (AvgIpc) is 2.97. The smallest absolute Gasteiger partial charge is 0.274 e. The molecular weight excluding hydrogens is 296 g/mol. The molecule has 2 N–H and O–H groups in total. The van der Waals surface area contributed by atoms with Gasteiger partial charge in [0.1, 0.15) is 5.76 Å². The van der Waals surface area contributed by atoms with Gasteiger partial charge in [0, 0.05) is 6.04 Å². The fourth-order valence-electron chi connectivity index (χ4n) is 1.77. The normalized spacial score (nSPS) is 15.5. The van der Waals surface area contributed by atoms with E-state index in [0.29, 0.717) is 24.2 Å². The van der Waals surface area contributed by atoms with Crippen LogP contribution in [-0.4, -0.2) is 24.6 Å². The van der Waals surface area contributed by atoms with Crippen molar-refractivity contribution in [1.29, 1.82) is 0 Å². The van der Waals surface area contributed by atoms with E-state index in [1.54, 1.807) is 13.0 Å². The molecule has 114 valence electrons. The van der Waals surface area contributed by atoms with E-state index in [0.717, 1.165) is 12.8 Å². The Labute approximate surface area is 122 Å². The van der Waals surface area contributed by atoms with Crippen LogP contribution in [0.4, 0.5) is 0 Å². The van der Waals surface area contributed by atoms with Gasteiger partial charge in [-0.05, 0) is 31.9 Å². The van der Waals surface area contributed by atoms with E-state index in [4.69, 9.17) is 8.94 Å². The van der Waals surface area contributed by atoms with E-state index in [1.807, 2.05) is 0 Å². The Morgan fingerprint density at radius 3 is 2.81 bits per heavy atom. The van der Waals surface area contributed by atoms with Crippen molar-refractivity contribution >= 4 is 10.0 Å². The third-order valence-electron chi connectivity index (χ3n) is 3.03. The first-order valence-electron chi connectivity index (χ1n) is 6.64. The van der Waals surface area contributed by atoms with Gasteiger partial charge >= 0.3 is 0 Å². The lowest BCUT2D eigenvalue weighted by atomic mass is 10.4. The van der Waals surface area contributed by atoms with Crippen molar-refractivity contribution in [2.75, 3.05) is 0 Å². The molecule has 21 heavy (non-hydrogen) atoms. The Morgan fingerprint density at radius 1 is 1.33 bits per heavy atom. The molecule has 2 aromatic heterocycles. The maximum Gasteiger partial charge on any atom is 0.274 e. The van der Waals surface area contributed by atoms with E-state index in [2.05, 4.69) is 20.2 Å². The first kappa shape index (κ1) is 14.2. The van der Waals surface area contributed by atoms with Gasteiger partial charge in [-0.15, -0.1) is 0 Å². The zero-order valence-electron chi connectivity index (χ0n) is 11.5. The molecule has 0 bridgehead atoms. The van der Waals surface area contributed by atoms with Crippen LogP contribution < -0.4 is 10.0 Å². The van der Waals surface area contributed by atoms with Crippen molar-refractivity contribution in [1.82, 2.24) is 20.2 Å². The SMILES string of the molecule is Cc1noc(CNS(=O)(=O)c2ccc(CNC3CC3)o2)n1. The van der Waals surface area contributed by atoms with Gasteiger partial charge in [-0.1, -0.05) is 5.16 Å². The minimum absolute atomic E-state index is 0.0699. The van der Waals surface area contributed by atoms with Crippen molar-refractivity contribution in [3.05, 3.63) is 29.6 Å². The van der Waals surface area contributed by atoms with Gasteiger partial charge in [0.2, 0.25) is 11.0 Å². The van der Waals surface area contributed by atoms with E-state index in [1.165, 1.54) is 6.07 Å². The molecular formula is C12H16N4O4S. The summed E-state index contributed by atoms with van der Waals surface area (Å²) in [7, 11) is -3.72. The summed E-state index contributed by atoms with van der Waals surface area (Å²) in [5.41, 5.74) is 0. The van der Waals surface area contributed by atoms with Crippen LogP contribution in [0.25, 0.3) is 0 Å². The molecule has 0 unspecified atom stereocenters. The van der Waals surface area contributed by atoms with E-state index in [-0.39, 0.29) is 17.5 Å². The molecule has 2 heterocycles. The van der Waals surface area contributed by atoms with Crippen LogP contribution in [0.1, 0.15) is 30.3 Å². The topological polar surface area (TPSA) is 110 Å². The van der Waals surface area contributed by atoms with Crippen LogP contribution in [0.5, 0.6) is 0 Å². The molecule has 1 aliphatic carbocycles. The summed E-state index contributed by atoms with van der Waals surface area (Å²) in [6.07, 6.45) is 2.33. The Bertz CT molecular complexity index is 717. The fraction of sp³-hybridized carbons (Fsp3) is 0.500. The largest absolute Gasteiger partial charge is 0.447 e. The van der Waals surface area contributed by atoms with Crippen molar-refractivity contribution < 1.29 is 17.4 Å². The van der Waals surface area contributed by atoms with E-state index < -0.39 is 10.0 Å². The second kappa shape index (κ2) is 5.58. The summed E-state index contributed by atoms with van der Waals surface area (Å²) >= 11 is 0. The summed E-state index contributed by atoms with van der Waals surface area (Å²) in [5, 5.41) is 6.73. The molecule has 0 saturated heterocycles. The van der Waals surface area contributed by atoms with Crippen molar-refractivity contribution in [3.63, 3.8) is 0 Å². The zero-order chi connectivity index (χ0) is 14.9. The second-order valence-corrected chi connectivity index (χ2v) is 6.63. The van der Waals surface area contributed by atoms with Crippen LogP contribution in [0.2, 0.25) is 0 Å². The van der Waals surface area contributed by atoms with Gasteiger partial charge < -0.3 is 14.3 Å². The Balaban J connectivity index is 1.60. The molecule has 1 saturated carbocycles. The quantitative estimate of drug-likeness (QED) is 0.774. The van der Waals surface area contributed by atoms with Crippen LogP contribution in [0.3, 0.4) is 0 Å². The fourth-order valence-corrected chi connectivity index (χ4v) is 2.69. The molecule has 0 atom stereocenters. The molecule has 0 spiro atoms. The monoisotopic (exact) mass is 312 g/mol. The first-order chi connectivity index (χ1) is 10.0. The summed E-state index contributed by atoms with van der Waals surface area (Å²) in [6, 6.07) is 3.63. The van der Waals surface area contributed by atoms with E-state index in [9.17, 15) is 8.42 Å². The molecule has 8 nitrogen and oxygen atoms in total. The number of sulfonamides is 1. The third-order valence-corrected chi connectivity index (χ3v) is 4.30. The second-order valence-electron chi connectivity index (χ2n) is 4.94. The Kier molecular flexibility index (Phi) is 3.79. The summed E-state index contributed by atoms with van der Waals surface area (Å²) < 4.78 is 36.7. The van der Waals surface area contributed by atoms with Crippen molar-refractivity contribution in [2.24, 2.45) is 0 Å². The minimum atomic E-state index is -3.72. The van der Waals surface area contributed by atoms with Crippen LogP contribution in [-0.2, 0) is 23.1 Å². The minimum Gasteiger partial charge on any atom is -0.447 e. The predicted molar refractivity (Wildman–Crippen MR) is 71.6 cm³/mol. The lowest BCUT2D eigenvalue weighted by Gasteiger charge is -2.01. The van der Waals surface area contributed by atoms with Crippen LogP contribution in [0.15, 0.2) is 26.2 Å². The number of aromatic nitrogens is 2. The van der Waals surface area contributed by atoms with Crippen molar-refractivity contribution in [2.45, 2.75) is 44.0 Å². The lowest BCUT2D eigenvalue weighted by Crippen LogP contribution is -2.23. The van der Waals surface area contributed by atoms with E-state index >= 15 is 0 Å². The number of hydrogen-bond acceptors (Lipinski definition) is 7. The summed E-state index contributed by atoms with van der Waals surface area (Å²) in [5.74, 6) is 1.25. The first-order valence-corrected chi connectivity index (χ1v) is 8.12. The van der Waals surface area contributed by atoms with Gasteiger partial charge in [0.05, 0.1) is 13.1 Å². The maximum atomic E-state index is 12.1. The number of rotatable bonds is 7. The molecule has 1 fully saturated rings. The lowest BCUT2D eigenvalue weighted by molar-refractivity contribution is 0.369. The van der Waals surface area contributed by atoms with Gasteiger partial charge in [0.15, 0.2) is 5.82 Å². The number of nitrogens with zero attached hydrogens (tertiary/aromatic N) is 2. The van der Waals surface area contributed by atoms with Crippen LogP contribution in [0, 0.1) is 6.92 Å². The van der Waals surface area contributed by atoms with Gasteiger partial charge in [0.25, 0.3) is 10.0 Å². The molecule has 0 radical (unpaired) electrons. The highest BCUT2D eigenvalue weighted by Crippen LogP contribution is 2.20. The molecule has 0 amide bonds. The highest BCUT2D eigenvalue weighted by Gasteiger charge is 2.22. The van der Waals surface area contributed by atoms with Gasteiger partial charge in [-0.25, -0.2) is 8.42 Å². The summed E-state index contributed by atoms with van der Waals surface area (Å²) in [4.78, 5) is 3.92. The third kappa shape index (κ3) is 3.69. The number of aryl methyl sites for hydroxylation is 1. The average molecular weight is 312 g/mol. The zero-order valence-corrected chi connectivity index (χ0v) is 12.3.